The number of benzene rings is 2. The molecule has 0 fully saturated rings. The second-order valence-corrected chi connectivity index (χ2v) is 9.52. The smallest absolute Gasteiger partial charge is 0.251 e. The first-order valence-electron chi connectivity index (χ1n) is 10.2. The summed E-state index contributed by atoms with van der Waals surface area (Å²) in [6.45, 7) is 15.2. The summed E-state index contributed by atoms with van der Waals surface area (Å²) in [7, 11) is 0. The third kappa shape index (κ3) is 5.93. The first-order chi connectivity index (χ1) is 13.4. The molecule has 0 atom stereocenters. The fraction of sp³-hybridized carbons (Fsp3) is 0.440. The van der Waals surface area contributed by atoms with Gasteiger partial charge in [0, 0.05) is 31.3 Å². The van der Waals surface area contributed by atoms with Gasteiger partial charge in [-0.25, -0.2) is 0 Å². The average Bonchev–Trinajstić information content (AvgIpc) is 2.63. The molecule has 2 aromatic carbocycles. The topological polar surface area (TPSA) is 49.4 Å². The van der Waals surface area contributed by atoms with Gasteiger partial charge >= 0.3 is 0 Å². The normalized spacial score (nSPS) is 11.8. The van der Waals surface area contributed by atoms with Gasteiger partial charge in [0.15, 0.2) is 0 Å². The SMILES string of the molecule is CC(=O)N(CCNC(=O)c1ccc(C(C)(C)C)cc1)c1ccccc1C(C)(C)C. The number of nitrogens with one attached hydrogen (secondary N) is 1. The van der Waals surface area contributed by atoms with Crippen LogP contribution in [0, 0.1) is 0 Å². The highest BCUT2D eigenvalue weighted by molar-refractivity contribution is 5.95. The van der Waals surface area contributed by atoms with Crippen LogP contribution in [0.2, 0.25) is 0 Å². The quantitative estimate of drug-likeness (QED) is 0.770. The van der Waals surface area contributed by atoms with E-state index in [0.29, 0.717) is 18.7 Å². The number of amides is 2. The second kappa shape index (κ2) is 8.81. The summed E-state index contributed by atoms with van der Waals surface area (Å²) in [5, 5.41) is 2.94. The predicted molar refractivity (Wildman–Crippen MR) is 121 cm³/mol. The van der Waals surface area contributed by atoms with Crippen LogP contribution in [0.4, 0.5) is 5.69 Å². The summed E-state index contributed by atoms with van der Waals surface area (Å²) in [5.41, 5.74) is 3.80. The molecule has 0 aliphatic rings. The first kappa shape index (κ1) is 22.7. The Labute approximate surface area is 175 Å². The number of hydrogen-bond acceptors (Lipinski definition) is 2. The van der Waals surface area contributed by atoms with Gasteiger partial charge in [-0.3, -0.25) is 9.59 Å². The number of carbonyl (C=O) groups excluding carboxylic acids is 2. The van der Waals surface area contributed by atoms with Crippen LogP contribution < -0.4 is 10.2 Å². The van der Waals surface area contributed by atoms with E-state index in [1.807, 2.05) is 42.5 Å². The highest BCUT2D eigenvalue weighted by atomic mass is 16.2. The third-order valence-electron chi connectivity index (χ3n) is 5.02. The standard InChI is InChI=1S/C25H34N2O2/c1-18(28)27(22-11-9-8-10-21(22)25(5,6)7)17-16-26-23(29)19-12-14-20(15-13-19)24(2,3)4/h8-15H,16-17H2,1-7H3,(H,26,29). The molecule has 0 spiro atoms. The number of para-hydroxylation sites is 1. The Morgan fingerprint density at radius 1 is 0.862 bits per heavy atom. The molecule has 4 heteroatoms. The molecule has 0 bridgehead atoms. The van der Waals surface area contributed by atoms with Crippen LogP contribution in [-0.4, -0.2) is 24.9 Å². The summed E-state index contributed by atoms with van der Waals surface area (Å²) in [6.07, 6.45) is 0. The van der Waals surface area contributed by atoms with E-state index in [0.717, 1.165) is 11.3 Å². The van der Waals surface area contributed by atoms with Crippen molar-refractivity contribution in [1.29, 1.82) is 0 Å². The number of carbonyl (C=O) groups is 2. The van der Waals surface area contributed by atoms with Gasteiger partial charge in [-0.15, -0.1) is 0 Å². The Kier molecular flexibility index (Phi) is 6.89. The average molecular weight is 395 g/mol. The minimum Gasteiger partial charge on any atom is -0.350 e. The van der Waals surface area contributed by atoms with Crippen molar-refractivity contribution in [3.63, 3.8) is 0 Å². The van der Waals surface area contributed by atoms with Crippen molar-refractivity contribution in [2.24, 2.45) is 0 Å². The minimum atomic E-state index is -0.127. The number of rotatable bonds is 5. The van der Waals surface area contributed by atoms with E-state index in [1.165, 1.54) is 5.56 Å². The van der Waals surface area contributed by atoms with E-state index in [-0.39, 0.29) is 22.6 Å². The maximum Gasteiger partial charge on any atom is 0.251 e. The summed E-state index contributed by atoms with van der Waals surface area (Å²) in [6, 6.07) is 15.7. The minimum absolute atomic E-state index is 0.0366. The highest BCUT2D eigenvalue weighted by Crippen LogP contribution is 2.31. The zero-order valence-electron chi connectivity index (χ0n) is 18.8. The van der Waals surface area contributed by atoms with Gasteiger partial charge in [0.1, 0.15) is 0 Å². The van der Waals surface area contributed by atoms with Gasteiger partial charge in [0.25, 0.3) is 5.91 Å². The van der Waals surface area contributed by atoms with Gasteiger partial charge < -0.3 is 10.2 Å². The van der Waals surface area contributed by atoms with Crippen molar-refractivity contribution in [1.82, 2.24) is 5.32 Å². The molecule has 1 N–H and O–H groups in total. The number of nitrogens with zero attached hydrogens (tertiary/aromatic N) is 1. The second-order valence-electron chi connectivity index (χ2n) is 9.52. The van der Waals surface area contributed by atoms with Crippen molar-refractivity contribution >= 4 is 17.5 Å². The Bertz CT molecular complexity index is 856. The van der Waals surface area contributed by atoms with Crippen molar-refractivity contribution in [2.75, 3.05) is 18.0 Å². The van der Waals surface area contributed by atoms with Crippen LogP contribution >= 0.6 is 0 Å². The van der Waals surface area contributed by atoms with Crippen LogP contribution in [0.15, 0.2) is 48.5 Å². The zero-order chi connectivity index (χ0) is 21.8. The summed E-state index contributed by atoms with van der Waals surface area (Å²) < 4.78 is 0. The molecule has 29 heavy (non-hydrogen) atoms. The third-order valence-corrected chi connectivity index (χ3v) is 5.02. The van der Waals surface area contributed by atoms with Gasteiger partial charge in [0.2, 0.25) is 5.91 Å². The van der Waals surface area contributed by atoms with Crippen molar-refractivity contribution in [3.8, 4) is 0 Å². The zero-order valence-corrected chi connectivity index (χ0v) is 18.8. The van der Waals surface area contributed by atoms with Gasteiger partial charge in [-0.05, 0) is 40.2 Å². The Balaban J connectivity index is 2.08. The van der Waals surface area contributed by atoms with E-state index in [4.69, 9.17) is 0 Å². The lowest BCUT2D eigenvalue weighted by Gasteiger charge is -2.29. The van der Waals surface area contributed by atoms with Crippen LogP contribution in [-0.2, 0) is 15.6 Å². The molecule has 2 rings (SSSR count). The lowest BCUT2D eigenvalue weighted by molar-refractivity contribution is -0.116. The Hall–Kier alpha value is -2.62. The largest absolute Gasteiger partial charge is 0.350 e. The van der Waals surface area contributed by atoms with Crippen LogP contribution in [0.3, 0.4) is 0 Å². The lowest BCUT2D eigenvalue weighted by Crippen LogP contribution is -2.38. The predicted octanol–water partition coefficient (Wildman–Crippen LogP) is 5.06. The van der Waals surface area contributed by atoms with Crippen molar-refractivity contribution in [3.05, 3.63) is 65.2 Å². The molecule has 0 saturated carbocycles. The first-order valence-corrected chi connectivity index (χ1v) is 10.2. The van der Waals surface area contributed by atoms with E-state index >= 15 is 0 Å². The fourth-order valence-electron chi connectivity index (χ4n) is 3.30. The van der Waals surface area contributed by atoms with Gasteiger partial charge in [-0.1, -0.05) is 71.9 Å². The maximum atomic E-state index is 12.5. The summed E-state index contributed by atoms with van der Waals surface area (Å²) >= 11 is 0. The lowest BCUT2D eigenvalue weighted by atomic mass is 9.85. The molecule has 156 valence electrons. The fourth-order valence-corrected chi connectivity index (χ4v) is 3.30. The van der Waals surface area contributed by atoms with Crippen molar-refractivity contribution in [2.45, 2.75) is 59.3 Å². The number of hydrogen-bond donors (Lipinski definition) is 1. The summed E-state index contributed by atoms with van der Waals surface area (Å²) in [4.78, 5) is 26.6. The van der Waals surface area contributed by atoms with E-state index < -0.39 is 0 Å². The molecule has 2 amide bonds. The molecular weight excluding hydrogens is 360 g/mol. The van der Waals surface area contributed by atoms with Crippen molar-refractivity contribution < 1.29 is 9.59 Å². The van der Waals surface area contributed by atoms with E-state index in [1.54, 1.807) is 11.8 Å². The molecule has 0 aromatic heterocycles. The van der Waals surface area contributed by atoms with Gasteiger partial charge in [0.05, 0.1) is 0 Å². The molecule has 0 aliphatic carbocycles. The van der Waals surface area contributed by atoms with Crippen LogP contribution in [0.1, 0.15) is 70.0 Å². The molecule has 0 aliphatic heterocycles. The maximum absolute atomic E-state index is 12.5. The molecular formula is C25H34N2O2. The highest BCUT2D eigenvalue weighted by Gasteiger charge is 2.22. The molecule has 0 unspecified atom stereocenters. The Morgan fingerprint density at radius 2 is 1.45 bits per heavy atom. The van der Waals surface area contributed by atoms with E-state index in [9.17, 15) is 9.59 Å². The van der Waals surface area contributed by atoms with E-state index in [2.05, 4.69) is 52.9 Å². The summed E-state index contributed by atoms with van der Waals surface area (Å²) in [5.74, 6) is -0.163. The number of anilines is 1. The van der Waals surface area contributed by atoms with Gasteiger partial charge in [-0.2, -0.15) is 0 Å². The molecule has 0 saturated heterocycles. The monoisotopic (exact) mass is 394 g/mol. The van der Waals surface area contributed by atoms with Crippen LogP contribution in [0.5, 0.6) is 0 Å². The van der Waals surface area contributed by atoms with Crippen LogP contribution in [0.25, 0.3) is 0 Å². The molecule has 4 nitrogen and oxygen atoms in total. The Morgan fingerprint density at radius 3 is 1.97 bits per heavy atom. The molecule has 0 heterocycles. The molecule has 0 radical (unpaired) electrons. The molecule has 2 aromatic rings.